The maximum absolute atomic E-state index is 12.2. The zero-order valence-electron chi connectivity index (χ0n) is 14.9. The Morgan fingerprint density at radius 2 is 2.00 bits per heavy atom. The lowest BCUT2D eigenvalue weighted by atomic mass is 10.2. The molecule has 0 bridgehead atoms. The van der Waals surface area contributed by atoms with Gasteiger partial charge in [0.15, 0.2) is 5.82 Å². The second-order valence-electron chi connectivity index (χ2n) is 5.95. The van der Waals surface area contributed by atoms with Crippen molar-refractivity contribution in [3.8, 4) is 16.3 Å². The molecule has 6 nitrogen and oxygen atoms in total. The van der Waals surface area contributed by atoms with Gasteiger partial charge in [-0.2, -0.15) is 5.10 Å². The van der Waals surface area contributed by atoms with Crippen LogP contribution >= 0.6 is 11.3 Å². The number of nitrogens with zero attached hydrogens (tertiary/aromatic N) is 4. The minimum atomic E-state index is -0.164. The van der Waals surface area contributed by atoms with Crippen LogP contribution in [-0.2, 0) is 11.3 Å². The molecule has 0 spiro atoms. The SMILES string of the molecule is O=C(/C=C/c1ccc(-c2ccccc2)s1)NCc1cccnc1-n1cncn1. The van der Waals surface area contributed by atoms with Crippen LogP contribution in [0.5, 0.6) is 0 Å². The highest BCUT2D eigenvalue weighted by molar-refractivity contribution is 7.16. The van der Waals surface area contributed by atoms with E-state index in [0.717, 1.165) is 10.4 Å². The summed E-state index contributed by atoms with van der Waals surface area (Å²) >= 11 is 1.65. The standard InChI is InChI=1S/C21H17N5OS/c27-20(11-9-18-8-10-19(28-18)16-5-2-1-3-6-16)24-13-17-7-4-12-23-21(17)26-15-22-14-25-26/h1-12,14-15H,13H2,(H,24,27)/b11-9+. The summed E-state index contributed by atoms with van der Waals surface area (Å²) in [5.74, 6) is 0.484. The molecule has 4 rings (SSSR count). The van der Waals surface area contributed by atoms with E-state index in [0.29, 0.717) is 12.4 Å². The van der Waals surface area contributed by atoms with Gasteiger partial charge in [-0.05, 0) is 29.8 Å². The lowest BCUT2D eigenvalue weighted by Crippen LogP contribution is -2.21. The molecule has 0 aliphatic heterocycles. The lowest BCUT2D eigenvalue weighted by molar-refractivity contribution is -0.116. The third-order valence-electron chi connectivity index (χ3n) is 4.04. The summed E-state index contributed by atoms with van der Waals surface area (Å²) in [4.78, 5) is 22.7. The van der Waals surface area contributed by atoms with Crippen molar-refractivity contribution in [2.24, 2.45) is 0 Å². The number of hydrogen-bond acceptors (Lipinski definition) is 5. The number of rotatable bonds is 6. The van der Waals surface area contributed by atoms with Crippen molar-refractivity contribution < 1.29 is 4.79 Å². The number of aromatic nitrogens is 4. The van der Waals surface area contributed by atoms with Crippen LogP contribution in [0, 0.1) is 0 Å². The Balaban J connectivity index is 1.39. The first kappa shape index (κ1) is 17.8. The number of benzene rings is 1. The highest BCUT2D eigenvalue weighted by atomic mass is 32.1. The predicted molar refractivity (Wildman–Crippen MR) is 110 cm³/mol. The van der Waals surface area contributed by atoms with Crippen molar-refractivity contribution in [2.45, 2.75) is 6.54 Å². The molecule has 0 saturated carbocycles. The first-order chi connectivity index (χ1) is 13.8. The molecule has 1 amide bonds. The summed E-state index contributed by atoms with van der Waals surface area (Å²) in [5.41, 5.74) is 2.03. The van der Waals surface area contributed by atoms with Crippen LogP contribution in [0.4, 0.5) is 0 Å². The highest BCUT2D eigenvalue weighted by Gasteiger charge is 2.07. The Morgan fingerprint density at radius 3 is 2.82 bits per heavy atom. The Hall–Kier alpha value is -3.58. The summed E-state index contributed by atoms with van der Waals surface area (Å²) < 4.78 is 1.58. The van der Waals surface area contributed by atoms with E-state index < -0.39 is 0 Å². The molecule has 3 heterocycles. The Bertz CT molecular complexity index is 1090. The summed E-state index contributed by atoms with van der Waals surface area (Å²) in [6.07, 6.45) is 8.09. The molecule has 4 aromatic rings. The van der Waals surface area contributed by atoms with Crippen molar-refractivity contribution in [2.75, 3.05) is 0 Å². The third-order valence-corrected chi connectivity index (χ3v) is 5.14. The van der Waals surface area contributed by atoms with E-state index >= 15 is 0 Å². The number of amides is 1. The Kier molecular flexibility index (Phi) is 5.35. The van der Waals surface area contributed by atoms with Gasteiger partial charge in [-0.3, -0.25) is 4.79 Å². The molecular weight excluding hydrogens is 370 g/mol. The quantitative estimate of drug-likeness (QED) is 0.512. The molecule has 3 aromatic heterocycles. The zero-order chi connectivity index (χ0) is 19.2. The average molecular weight is 387 g/mol. The second-order valence-corrected chi connectivity index (χ2v) is 7.06. The van der Waals surface area contributed by atoms with Crippen LogP contribution in [-0.4, -0.2) is 25.7 Å². The molecule has 0 saturated heterocycles. The van der Waals surface area contributed by atoms with Gasteiger partial charge in [-0.1, -0.05) is 36.4 Å². The molecule has 1 aromatic carbocycles. The molecule has 0 atom stereocenters. The molecular formula is C21H17N5OS. The minimum Gasteiger partial charge on any atom is -0.348 e. The van der Waals surface area contributed by atoms with Crippen LogP contribution in [0.3, 0.4) is 0 Å². The van der Waals surface area contributed by atoms with Crippen molar-refractivity contribution >= 4 is 23.3 Å². The number of carbonyl (C=O) groups is 1. The fraction of sp³-hybridized carbons (Fsp3) is 0.0476. The van der Waals surface area contributed by atoms with Gasteiger partial charge in [0.1, 0.15) is 12.7 Å². The molecule has 0 unspecified atom stereocenters. The van der Waals surface area contributed by atoms with Gasteiger partial charge in [-0.25, -0.2) is 14.6 Å². The molecule has 0 aliphatic rings. The van der Waals surface area contributed by atoms with Crippen LogP contribution < -0.4 is 5.32 Å². The molecule has 1 N–H and O–H groups in total. The van der Waals surface area contributed by atoms with Gasteiger partial charge in [0, 0.05) is 34.1 Å². The van der Waals surface area contributed by atoms with E-state index in [1.807, 2.05) is 42.5 Å². The summed E-state index contributed by atoms with van der Waals surface area (Å²) in [6, 6.07) is 18.0. The monoisotopic (exact) mass is 387 g/mol. The molecule has 138 valence electrons. The highest BCUT2D eigenvalue weighted by Crippen LogP contribution is 2.28. The van der Waals surface area contributed by atoms with E-state index in [4.69, 9.17) is 0 Å². The Labute approximate surface area is 166 Å². The fourth-order valence-corrected chi connectivity index (χ4v) is 3.61. The number of carbonyl (C=O) groups excluding carboxylic acids is 1. The average Bonchev–Trinajstić information content (AvgIpc) is 3.44. The maximum Gasteiger partial charge on any atom is 0.244 e. The molecule has 0 fully saturated rings. The fourth-order valence-electron chi connectivity index (χ4n) is 2.69. The van der Waals surface area contributed by atoms with Crippen LogP contribution in [0.2, 0.25) is 0 Å². The van der Waals surface area contributed by atoms with Gasteiger partial charge in [0.2, 0.25) is 5.91 Å². The minimum absolute atomic E-state index is 0.164. The molecule has 0 radical (unpaired) electrons. The van der Waals surface area contributed by atoms with Crippen LogP contribution in [0.25, 0.3) is 22.3 Å². The first-order valence-electron chi connectivity index (χ1n) is 8.70. The van der Waals surface area contributed by atoms with Crippen molar-refractivity contribution in [3.63, 3.8) is 0 Å². The van der Waals surface area contributed by atoms with Gasteiger partial charge >= 0.3 is 0 Å². The molecule has 0 aliphatic carbocycles. The molecule has 28 heavy (non-hydrogen) atoms. The second kappa shape index (κ2) is 8.41. The van der Waals surface area contributed by atoms with E-state index in [1.54, 1.807) is 34.6 Å². The predicted octanol–water partition coefficient (Wildman–Crippen LogP) is 3.72. The van der Waals surface area contributed by atoms with Gasteiger partial charge in [0.05, 0.1) is 0 Å². The number of nitrogens with one attached hydrogen (secondary N) is 1. The van der Waals surface area contributed by atoms with Crippen LogP contribution in [0.1, 0.15) is 10.4 Å². The number of hydrogen-bond donors (Lipinski definition) is 1. The van der Waals surface area contributed by atoms with E-state index in [2.05, 4.69) is 38.6 Å². The van der Waals surface area contributed by atoms with E-state index in [-0.39, 0.29) is 5.91 Å². The summed E-state index contributed by atoms with van der Waals surface area (Å²) in [5, 5.41) is 6.98. The Morgan fingerprint density at radius 1 is 1.11 bits per heavy atom. The van der Waals surface area contributed by atoms with Crippen molar-refractivity contribution in [1.82, 2.24) is 25.1 Å². The lowest BCUT2D eigenvalue weighted by Gasteiger charge is -2.08. The topological polar surface area (TPSA) is 72.7 Å². The normalized spacial score (nSPS) is 11.0. The number of pyridine rings is 1. The van der Waals surface area contributed by atoms with Crippen molar-refractivity contribution in [3.05, 3.63) is 90.0 Å². The molecule has 7 heteroatoms. The zero-order valence-corrected chi connectivity index (χ0v) is 15.7. The summed E-state index contributed by atoms with van der Waals surface area (Å²) in [6.45, 7) is 0.353. The van der Waals surface area contributed by atoms with E-state index in [9.17, 15) is 4.79 Å². The first-order valence-corrected chi connectivity index (χ1v) is 9.51. The van der Waals surface area contributed by atoms with Crippen LogP contribution in [0.15, 0.2) is 79.5 Å². The smallest absolute Gasteiger partial charge is 0.244 e. The maximum atomic E-state index is 12.2. The van der Waals surface area contributed by atoms with Gasteiger partial charge < -0.3 is 5.32 Å². The van der Waals surface area contributed by atoms with E-state index in [1.165, 1.54) is 16.8 Å². The third kappa shape index (κ3) is 4.21. The van der Waals surface area contributed by atoms with Gasteiger partial charge in [-0.15, -0.1) is 11.3 Å². The number of thiophene rings is 1. The van der Waals surface area contributed by atoms with Gasteiger partial charge in [0.25, 0.3) is 0 Å². The largest absolute Gasteiger partial charge is 0.348 e. The summed E-state index contributed by atoms with van der Waals surface area (Å²) in [7, 11) is 0. The van der Waals surface area contributed by atoms with Crippen molar-refractivity contribution in [1.29, 1.82) is 0 Å².